The maximum absolute atomic E-state index is 12.0. The molecule has 0 bridgehead atoms. The second-order valence-corrected chi connectivity index (χ2v) is 5.93. The number of carbonyl (C=O) groups is 1. The van der Waals surface area contributed by atoms with E-state index in [0.29, 0.717) is 19.5 Å². The van der Waals surface area contributed by atoms with Crippen molar-refractivity contribution in [1.82, 2.24) is 5.32 Å². The molecule has 0 spiro atoms. The first-order valence-electron chi connectivity index (χ1n) is 8.48. The van der Waals surface area contributed by atoms with Gasteiger partial charge in [-0.2, -0.15) is 0 Å². The topological polar surface area (TPSA) is 59.6 Å². The van der Waals surface area contributed by atoms with Crippen LogP contribution >= 0.6 is 0 Å². The number of carbonyl (C=O) groups excluding carboxylic acids is 1. The molecule has 1 amide bonds. The lowest BCUT2D eigenvalue weighted by Crippen LogP contribution is -2.25. The first-order chi connectivity index (χ1) is 12.1. The Balaban J connectivity index is 1.79. The summed E-state index contributed by atoms with van der Waals surface area (Å²) in [6.07, 6.45) is 0.484. The van der Waals surface area contributed by atoms with Gasteiger partial charge in [0.1, 0.15) is 11.5 Å². The summed E-state index contributed by atoms with van der Waals surface area (Å²) in [6, 6.07) is 15.4. The maximum atomic E-state index is 12.0. The Hall–Kier alpha value is -2.69. The number of anilines is 1. The number of nitrogens with one attached hydrogen (secondary N) is 2. The minimum absolute atomic E-state index is 0.0133. The monoisotopic (exact) mass is 342 g/mol. The van der Waals surface area contributed by atoms with Gasteiger partial charge in [-0.3, -0.25) is 4.79 Å². The highest BCUT2D eigenvalue weighted by molar-refractivity contribution is 5.76. The van der Waals surface area contributed by atoms with E-state index < -0.39 is 0 Å². The van der Waals surface area contributed by atoms with E-state index in [-0.39, 0.29) is 12.0 Å². The molecule has 134 valence electrons. The first kappa shape index (κ1) is 18.6. The molecule has 0 unspecified atom stereocenters. The van der Waals surface area contributed by atoms with Crippen LogP contribution in [0, 0.1) is 0 Å². The molecule has 0 saturated heterocycles. The zero-order valence-corrected chi connectivity index (χ0v) is 15.0. The van der Waals surface area contributed by atoms with Gasteiger partial charge in [0.2, 0.25) is 5.91 Å². The molecule has 2 aromatic carbocycles. The van der Waals surface area contributed by atoms with E-state index in [9.17, 15) is 4.79 Å². The Morgan fingerprint density at radius 3 is 2.44 bits per heavy atom. The lowest BCUT2D eigenvalue weighted by atomic mass is 10.2. The van der Waals surface area contributed by atoms with Gasteiger partial charge in [0.05, 0.1) is 18.9 Å². The van der Waals surface area contributed by atoms with Crippen LogP contribution in [0.4, 0.5) is 5.69 Å². The van der Waals surface area contributed by atoms with Crippen molar-refractivity contribution in [2.24, 2.45) is 0 Å². The summed E-state index contributed by atoms with van der Waals surface area (Å²) in [5, 5.41) is 6.18. The smallest absolute Gasteiger partial charge is 0.222 e. The van der Waals surface area contributed by atoms with Crippen molar-refractivity contribution in [3.8, 4) is 11.5 Å². The van der Waals surface area contributed by atoms with Gasteiger partial charge >= 0.3 is 0 Å². The molecule has 25 heavy (non-hydrogen) atoms. The molecule has 2 N–H and O–H groups in total. The summed E-state index contributed by atoms with van der Waals surface area (Å²) >= 11 is 0. The minimum atomic E-state index is -0.0133. The lowest BCUT2D eigenvalue weighted by molar-refractivity contribution is -0.121. The van der Waals surface area contributed by atoms with Crippen LogP contribution in [-0.2, 0) is 11.3 Å². The molecule has 0 radical (unpaired) electrons. The second-order valence-electron chi connectivity index (χ2n) is 5.93. The van der Waals surface area contributed by atoms with Crippen LogP contribution in [0.1, 0.15) is 25.8 Å². The van der Waals surface area contributed by atoms with E-state index >= 15 is 0 Å². The standard InChI is InChI=1S/C20H26N2O3/c1-15(2)25-19-11-7-5-9-17(19)21-13-12-20(23)22-14-16-8-4-6-10-18(16)24-3/h4-11,15,21H,12-14H2,1-3H3,(H,22,23). The maximum Gasteiger partial charge on any atom is 0.222 e. The van der Waals surface area contributed by atoms with Crippen molar-refractivity contribution in [3.05, 3.63) is 54.1 Å². The third kappa shape index (κ3) is 6.03. The molecule has 2 rings (SSSR count). The van der Waals surface area contributed by atoms with Crippen molar-refractivity contribution < 1.29 is 14.3 Å². The number of ether oxygens (including phenoxy) is 2. The van der Waals surface area contributed by atoms with Gasteiger partial charge in [-0.05, 0) is 32.0 Å². The molecule has 2 aromatic rings. The highest BCUT2D eigenvalue weighted by atomic mass is 16.5. The van der Waals surface area contributed by atoms with E-state index in [1.54, 1.807) is 7.11 Å². The third-order valence-corrected chi connectivity index (χ3v) is 3.59. The summed E-state index contributed by atoms with van der Waals surface area (Å²) in [5.74, 6) is 1.56. The summed E-state index contributed by atoms with van der Waals surface area (Å²) in [4.78, 5) is 12.0. The summed E-state index contributed by atoms with van der Waals surface area (Å²) < 4.78 is 11.0. The molecule has 0 saturated carbocycles. The van der Waals surface area contributed by atoms with E-state index in [0.717, 1.165) is 22.7 Å². The zero-order chi connectivity index (χ0) is 18.1. The Bertz CT molecular complexity index is 686. The Morgan fingerprint density at radius 1 is 1.04 bits per heavy atom. The van der Waals surface area contributed by atoms with Crippen molar-refractivity contribution in [1.29, 1.82) is 0 Å². The van der Waals surface area contributed by atoms with Gasteiger partial charge in [-0.25, -0.2) is 0 Å². The van der Waals surface area contributed by atoms with Crippen LogP contribution in [0.25, 0.3) is 0 Å². The quantitative estimate of drug-likeness (QED) is 0.731. The SMILES string of the molecule is COc1ccccc1CNC(=O)CCNc1ccccc1OC(C)C. The van der Waals surface area contributed by atoms with E-state index in [4.69, 9.17) is 9.47 Å². The minimum Gasteiger partial charge on any atom is -0.496 e. The molecule has 0 atom stereocenters. The van der Waals surface area contributed by atoms with E-state index in [2.05, 4.69) is 10.6 Å². The lowest BCUT2D eigenvalue weighted by Gasteiger charge is -2.15. The zero-order valence-electron chi connectivity index (χ0n) is 15.0. The van der Waals surface area contributed by atoms with Crippen molar-refractivity contribution in [3.63, 3.8) is 0 Å². The van der Waals surface area contributed by atoms with Crippen molar-refractivity contribution in [2.45, 2.75) is 32.9 Å². The Morgan fingerprint density at radius 2 is 1.72 bits per heavy atom. The fourth-order valence-electron chi connectivity index (χ4n) is 2.41. The number of benzene rings is 2. The van der Waals surface area contributed by atoms with Crippen molar-refractivity contribution in [2.75, 3.05) is 19.0 Å². The van der Waals surface area contributed by atoms with Gasteiger partial charge in [0, 0.05) is 25.1 Å². The molecule has 0 aliphatic rings. The first-order valence-corrected chi connectivity index (χ1v) is 8.48. The number of methoxy groups -OCH3 is 1. The highest BCUT2D eigenvalue weighted by Gasteiger charge is 2.07. The molecule has 5 heteroatoms. The number of hydrogen-bond acceptors (Lipinski definition) is 4. The molecule has 0 aliphatic carbocycles. The predicted molar refractivity (Wildman–Crippen MR) is 100 cm³/mol. The van der Waals surface area contributed by atoms with Gasteiger partial charge < -0.3 is 20.1 Å². The normalized spacial score (nSPS) is 10.4. The number of rotatable bonds is 9. The summed E-state index contributed by atoms with van der Waals surface area (Å²) in [6.45, 7) is 4.97. The molecule has 0 fully saturated rings. The highest BCUT2D eigenvalue weighted by Crippen LogP contribution is 2.24. The van der Waals surface area contributed by atoms with Crippen LogP contribution in [-0.4, -0.2) is 25.7 Å². The van der Waals surface area contributed by atoms with Crippen LogP contribution < -0.4 is 20.1 Å². The average molecular weight is 342 g/mol. The van der Waals surface area contributed by atoms with Crippen LogP contribution in [0.2, 0.25) is 0 Å². The second kappa shape index (κ2) is 9.57. The number of para-hydroxylation sites is 3. The fourth-order valence-corrected chi connectivity index (χ4v) is 2.41. The number of hydrogen-bond donors (Lipinski definition) is 2. The summed E-state index contributed by atoms with van der Waals surface area (Å²) in [7, 11) is 1.63. The average Bonchev–Trinajstić information content (AvgIpc) is 2.61. The summed E-state index contributed by atoms with van der Waals surface area (Å²) in [5.41, 5.74) is 1.86. The van der Waals surface area contributed by atoms with E-state index in [1.165, 1.54) is 0 Å². The third-order valence-electron chi connectivity index (χ3n) is 3.59. The van der Waals surface area contributed by atoms with Gasteiger partial charge in [-0.15, -0.1) is 0 Å². The Labute approximate surface area is 149 Å². The molecule has 0 heterocycles. The van der Waals surface area contributed by atoms with Crippen LogP contribution in [0.15, 0.2) is 48.5 Å². The van der Waals surface area contributed by atoms with Gasteiger partial charge in [0.25, 0.3) is 0 Å². The molecule has 0 aromatic heterocycles. The van der Waals surface area contributed by atoms with Gasteiger partial charge in [-0.1, -0.05) is 30.3 Å². The number of amides is 1. The largest absolute Gasteiger partial charge is 0.496 e. The Kier molecular flexibility index (Phi) is 7.14. The fraction of sp³-hybridized carbons (Fsp3) is 0.350. The predicted octanol–water partition coefficient (Wildman–Crippen LogP) is 3.60. The molecular formula is C20H26N2O3. The molecular weight excluding hydrogens is 316 g/mol. The van der Waals surface area contributed by atoms with Crippen LogP contribution in [0.5, 0.6) is 11.5 Å². The van der Waals surface area contributed by atoms with Gasteiger partial charge in [0.15, 0.2) is 0 Å². The molecule has 5 nitrogen and oxygen atoms in total. The van der Waals surface area contributed by atoms with Crippen molar-refractivity contribution >= 4 is 11.6 Å². The van der Waals surface area contributed by atoms with Crippen LogP contribution in [0.3, 0.4) is 0 Å². The molecule has 0 aliphatic heterocycles. The van der Waals surface area contributed by atoms with E-state index in [1.807, 2.05) is 62.4 Å².